The molecule has 24 heavy (non-hydrogen) atoms. The van der Waals surface area contributed by atoms with Gasteiger partial charge < -0.3 is 15.4 Å². The van der Waals surface area contributed by atoms with Crippen LogP contribution in [0.25, 0.3) is 0 Å². The molecule has 0 spiro atoms. The van der Waals surface area contributed by atoms with E-state index in [0.29, 0.717) is 11.5 Å². The molecule has 0 saturated heterocycles. The second-order valence-corrected chi connectivity index (χ2v) is 6.94. The third-order valence-electron chi connectivity index (χ3n) is 5.00. The van der Waals surface area contributed by atoms with E-state index < -0.39 is 0 Å². The quantitative estimate of drug-likeness (QED) is 0.286. The zero-order chi connectivity index (χ0) is 17.1. The molecular formula is C18H39IN4O. The fourth-order valence-electron chi connectivity index (χ4n) is 3.17. The summed E-state index contributed by atoms with van der Waals surface area (Å²) < 4.78 is 5.27. The Hall–Kier alpha value is -0.0800. The molecule has 0 aromatic rings. The van der Waals surface area contributed by atoms with Gasteiger partial charge in [-0.25, -0.2) is 0 Å². The maximum absolute atomic E-state index is 5.27. The number of nitrogens with one attached hydrogen (secondary N) is 2. The van der Waals surface area contributed by atoms with Gasteiger partial charge in [0.15, 0.2) is 5.96 Å². The molecule has 1 saturated carbocycles. The van der Waals surface area contributed by atoms with Crippen LogP contribution in [-0.4, -0.2) is 63.3 Å². The van der Waals surface area contributed by atoms with Crippen molar-refractivity contribution in [1.29, 1.82) is 0 Å². The Morgan fingerprint density at radius 2 is 1.96 bits per heavy atom. The van der Waals surface area contributed by atoms with Crippen LogP contribution in [0.2, 0.25) is 0 Å². The molecule has 5 nitrogen and oxygen atoms in total. The largest absolute Gasteiger partial charge is 0.385 e. The average Bonchev–Trinajstić information content (AvgIpc) is 2.49. The average molecular weight is 454 g/mol. The number of ether oxygens (including phenoxy) is 1. The van der Waals surface area contributed by atoms with Gasteiger partial charge in [-0.1, -0.05) is 13.3 Å². The van der Waals surface area contributed by atoms with Crippen LogP contribution in [0.3, 0.4) is 0 Å². The molecule has 1 aliphatic rings. The Balaban J connectivity index is 0.00000529. The lowest BCUT2D eigenvalue weighted by atomic mass is 9.67. The predicted octanol–water partition coefficient (Wildman–Crippen LogP) is 3.10. The summed E-state index contributed by atoms with van der Waals surface area (Å²) in [6.45, 7) is 14.6. The predicted molar refractivity (Wildman–Crippen MR) is 115 cm³/mol. The number of halogens is 1. The molecule has 0 atom stereocenters. The molecule has 0 aliphatic heterocycles. The van der Waals surface area contributed by atoms with Crippen LogP contribution >= 0.6 is 24.0 Å². The van der Waals surface area contributed by atoms with Crippen molar-refractivity contribution >= 4 is 29.9 Å². The number of likely N-dealkylation sites (N-methyl/N-ethyl adjacent to an activating group) is 1. The van der Waals surface area contributed by atoms with Gasteiger partial charge in [-0.2, -0.15) is 0 Å². The van der Waals surface area contributed by atoms with E-state index in [1.807, 2.05) is 0 Å². The Morgan fingerprint density at radius 1 is 1.25 bits per heavy atom. The first kappa shape index (κ1) is 23.9. The van der Waals surface area contributed by atoms with Crippen molar-refractivity contribution < 1.29 is 4.74 Å². The van der Waals surface area contributed by atoms with E-state index in [9.17, 15) is 0 Å². The number of hydrogen-bond acceptors (Lipinski definition) is 3. The third-order valence-corrected chi connectivity index (χ3v) is 5.00. The lowest BCUT2D eigenvalue weighted by molar-refractivity contribution is 0.0778. The lowest BCUT2D eigenvalue weighted by Crippen LogP contribution is -2.44. The van der Waals surface area contributed by atoms with Crippen LogP contribution in [0.5, 0.6) is 0 Å². The van der Waals surface area contributed by atoms with Crippen molar-refractivity contribution in [3.8, 4) is 0 Å². The lowest BCUT2D eigenvalue weighted by Gasteiger charge is -2.40. The van der Waals surface area contributed by atoms with E-state index in [0.717, 1.165) is 51.7 Å². The normalized spacial score (nSPS) is 16.7. The van der Waals surface area contributed by atoms with Crippen LogP contribution < -0.4 is 10.6 Å². The first-order chi connectivity index (χ1) is 11.1. The van der Waals surface area contributed by atoms with E-state index in [2.05, 4.69) is 43.2 Å². The Bertz CT molecular complexity index is 346. The number of methoxy groups -OCH3 is 1. The number of rotatable bonds is 11. The van der Waals surface area contributed by atoms with Crippen molar-refractivity contribution in [2.45, 2.75) is 59.4 Å². The van der Waals surface area contributed by atoms with Gasteiger partial charge in [0.25, 0.3) is 0 Å². The van der Waals surface area contributed by atoms with Crippen LogP contribution in [-0.2, 0) is 4.74 Å². The van der Waals surface area contributed by atoms with Crippen LogP contribution in [0.15, 0.2) is 4.99 Å². The van der Waals surface area contributed by atoms with Crippen molar-refractivity contribution in [2.24, 2.45) is 10.4 Å². The summed E-state index contributed by atoms with van der Waals surface area (Å²) in [5.41, 5.74) is 0.381. The Morgan fingerprint density at radius 3 is 2.42 bits per heavy atom. The standard InChI is InChI=1S/C18H38N4O.HI/c1-6-19-17(20-12-13-22(7-2)16(3)4)21-15-18(9-8-10-18)11-14-23-5;/h16H,6-15H2,1-5H3,(H2,19,20,21);1H. The smallest absolute Gasteiger partial charge is 0.191 e. The highest BCUT2D eigenvalue weighted by atomic mass is 127. The number of aliphatic imine (C=N–C) groups is 1. The van der Waals surface area contributed by atoms with E-state index in [4.69, 9.17) is 9.73 Å². The molecular weight excluding hydrogens is 415 g/mol. The maximum atomic E-state index is 5.27. The summed E-state index contributed by atoms with van der Waals surface area (Å²) in [5, 5.41) is 6.85. The van der Waals surface area contributed by atoms with E-state index in [1.54, 1.807) is 7.11 Å². The minimum atomic E-state index is 0. The summed E-state index contributed by atoms with van der Waals surface area (Å²) in [4.78, 5) is 7.31. The van der Waals surface area contributed by atoms with Crippen LogP contribution in [0.1, 0.15) is 53.4 Å². The maximum Gasteiger partial charge on any atom is 0.191 e. The summed E-state index contributed by atoms with van der Waals surface area (Å²) >= 11 is 0. The molecule has 2 N–H and O–H groups in total. The highest BCUT2D eigenvalue weighted by molar-refractivity contribution is 14.0. The molecule has 1 rings (SSSR count). The summed E-state index contributed by atoms with van der Waals surface area (Å²) in [6.07, 6.45) is 5.04. The van der Waals surface area contributed by atoms with Crippen molar-refractivity contribution in [2.75, 3.05) is 46.4 Å². The second kappa shape index (κ2) is 13.2. The van der Waals surface area contributed by atoms with Crippen LogP contribution in [0.4, 0.5) is 0 Å². The van der Waals surface area contributed by atoms with Gasteiger partial charge in [0.2, 0.25) is 0 Å². The van der Waals surface area contributed by atoms with Gasteiger partial charge in [-0.15, -0.1) is 24.0 Å². The molecule has 0 bridgehead atoms. The van der Waals surface area contributed by atoms with E-state index in [-0.39, 0.29) is 24.0 Å². The molecule has 0 amide bonds. The van der Waals surface area contributed by atoms with Gasteiger partial charge in [-0.3, -0.25) is 9.89 Å². The van der Waals surface area contributed by atoms with E-state index >= 15 is 0 Å². The first-order valence-electron chi connectivity index (χ1n) is 9.32. The van der Waals surface area contributed by atoms with Gasteiger partial charge >= 0.3 is 0 Å². The fraction of sp³-hybridized carbons (Fsp3) is 0.944. The molecule has 0 heterocycles. The van der Waals surface area contributed by atoms with Gasteiger partial charge in [0.1, 0.15) is 0 Å². The van der Waals surface area contributed by atoms with Crippen molar-refractivity contribution in [3.63, 3.8) is 0 Å². The highest BCUT2D eigenvalue weighted by Gasteiger charge is 2.36. The topological polar surface area (TPSA) is 48.9 Å². The second-order valence-electron chi connectivity index (χ2n) is 6.94. The summed E-state index contributed by atoms with van der Waals surface area (Å²) in [7, 11) is 1.79. The Labute approximate surface area is 166 Å². The number of hydrogen-bond donors (Lipinski definition) is 2. The fourth-order valence-corrected chi connectivity index (χ4v) is 3.17. The molecule has 0 radical (unpaired) electrons. The minimum absolute atomic E-state index is 0. The highest BCUT2D eigenvalue weighted by Crippen LogP contribution is 2.44. The molecule has 0 aromatic heterocycles. The first-order valence-corrected chi connectivity index (χ1v) is 9.32. The number of guanidine groups is 1. The molecule has 0 aromatic carbocycles. The SMILES string of the molecule is CCNC(=NCC1(CCOC)CCC1)NCCN(CC)C(C)C.I. The monoisotopic (exact) mass is 454 g/mol. The Kier molecular flexibility index (Phi) is 13.1. The van der Waals surface area contributed by atoms with E-state index in [1.165, 1.54) is 19.3 Å². The van der Waals surface area contributed by atoms with Gasteiger partial charge in [-0.05, 0) is 52.0 Å². The molecule has 1 aliphatic carbocycles. The van der Waals surface area contributed by atoms with Crippen molar-refractivity contribution in [1.82, 2.24) is 15.5 Å². The third kappa shape index (κ3) is 8.34. The summed E-state index contributed by atoms with van der Waals surface area (Å²) in [5.74, 6) is 0.955. The van der Waals surface area contributed by atoms with Gasteiger partial charge in [0, 0.05) is 45.9 Å². The summed E-state index contributed by atoms with van der Waals surface area (Å²) in [6, 6.07) is 0.591. The molecule has 0 unspecified atom stereocenters. The minimum Gasteiger partial charge on any atom is -0.385 e. The van der Waals surface area contributed by atoms with Crippen LogP contribution in [0, 0.1) is 5.41 Å². The zero-order valence-corrected chi connectivity index (χ0v) is 18.7. The number of nitrogens with zero attached hydrogens (tertiary/aromatic N) is 2. The molecule has 6 heteroatoms. The molecule has 144 valence electrons. The van der Waals surface area contributed by atoms with Gasteiger partial charge in [0.05, 0.1) is 0 Å². The zero-order valence-electron chi connectivity index (χ0n) is 16.4. The van der Waals surface area contributed by atoms with Crippen molar-refractivity contribution in [3.05, 3.63) is 0 Å². The molecule has 1 fully saturated rings.